The molecule has 0 saturated heterocycles. The van der Waals surface area contributed by atoms with Gasteiger partial charge in [0.25, 0.3) is 0 Å². The Hall–Kier alpha value is -0.120. The maximum absolute atomic E-state index is 9.96. The van der Waals surface area contributed by atoms with Gasteiger partial charge in [0.15, 0.2) is 0 Å². The van der Waals surface area contributed by atoms with E-state index < -0.39 is 6.10 Å². The molecule has 1 aliphatic carbocycles. The summed E-state index contributed by atoms with van der Waals surface area (Å²) in [5.74, 6) is 2.16. The molecule has 3 nitrogen and oxygen atoms in total. The molecule has 0 amide bonds. The Kier molecular flexibility index (Phi) is 7.33. The Morgan fingerprint density at radius 1 is 1.21 bits per heavy atom. The minimum absolute atomic E-state index is 0.236. The van der Waals surface area contributed by atoms with E-state index in [1.807, 2.05) is 0 Å². The highest BCUT2D eigenvalue weighted by Crippen LogP contribution is 2.30. The minimum atomic E-state index is -0.391. The lowest BCUT2D eigenvalue weighted by Crippen LogP contribution is -2.39. The molecule has 114 valence electrons. The summed E-state index contributed by atoms with van der Waals surface area (Å²) in [4.78, 5) is 0. The fourth-order valence-corrected chi connectivity index (χ4v) is 3.01. The maximum Gasteiger partial charge on any atom is 0.0897 e. The Morgan fingerprint density at radius 2 is 1.89 bits per heavy atom. The number of hydrogen-bond donors (Lipinski definition) is 2. The van der Waals surface area contributed by atoms with Crippen molar-refractivity contribution in [1.29, 1.82) is 0 Å². The van der Waals surface area contributed by atoms with Gasteiger partial charge in [-0.15, -0.1) is 0 Å². The molecule has 0 heterocycles. The highest BCUT2D eigenvalue weighted by atomic mass is 16.5. The molecule has 1 fully saturated rings. The zero-order valence-electron chi connectivity index (χ0n) is 13.4. The van der Waals surface area contributed by atoms with Crippen molar-refractivity contribution in [3.63, 3.8) is 0 Å². The molecule has 19 heavy (non-hydrogen) atoms. The number of rotatable bonds is 8. The molecule has 3 heteroatoms. The lowest BCUT2D eigenvalue weighted by atomic mass is 9.98. The summed E-state index contributed by atoms with van der Waals surface area (Å²) in [6.45, 7) is 12.2. The summed E-state index contributed by atoms with van der Waals surface area (Å²) in [7, 11) is 0. The fraction of sp³-hybridized carbons (Fsp3) is 1.00. The third-order valence-electron chi connectivity index (χ3n) is 4.46. The van der Waals surface area contributed by atoms with E-state index in [4.69, 9.17) is 4.74 Å². The van der Waals surface area contributed by atoms with E-state index in [-0.39, 0.29) is 6.10 Å². The molecule has 5 atom stereocenters. The molecule has 0 spiro atoms. The SMILES string of the molecule is CC(C)CC(C)OCC(O)CNC1CCC(C)C1C. The summed E-state index contributed by atoms with van der Waals surface area (Å²) >= 11 is 0. The van der Waals surface area contributed by atoms with E-state index >= 15 is 0 Å². The first kappa shape index (κ1) is 16.9. The lowest BCUT2D eigenvalue weighted by Gasteiger charge is -2.22. The monoisotopic (exact) mass is 271 g/mol. The molecule has 1 aliphatic rings. The van der Waals surface area contributed by atoms with Gasteiger partial charge in [0.1, 0.15) is 0 Å². The zero-order valence-corrected chi connectivity index (χ0v) is 13.4. The number of ether oxygens (including phenoxy) is 1. The Morgan fingerprint density at radius 3 is 2.42 bits per heavy atom. The van der Waals surface area contributed by atoms with Crippen molar-refractivity contribution in [2.24, 2.45) is 17.8 Å². The molecule has 0 aliphatic heterocycles. The van der Waals surface area contributed by atoms with E-state index in [0.29, 0.717) is 31.0 Å². The van der Waals surface area contributed by atoms with Crippen molar-refractivity contribution < 1.29 is 9.84 Å². The van der Waals surface area contributed by atoms with Crippen molar-refractivity contribution >= 4 is 0 Å². The topological polar surface area (TPSA) is 41.5 Å². The van der Waals surface area contributed by atoms with Crippen LogP contribution in [0.15, 0.2) is 0 Å². The van der Waals surface area contributed by atoms with Crippen LogP contribution >= 0.6 is 0 Å². The molecular weight excluding hydrogens is 238 g/mol. The van der Waals surface area contributed by atoms with Gasteiger partial charge in [0, 0.05) is 12.6 Å². The average molecular weight is 271 g/mol. The Labute approximate surface area is 119 Å². The van der Waals surface area contributed by atoms with E-state index in [1.165, 1.54) is 12.8 Å². The van der Waals surface area contributed by atoms with Crippen molar-refractivity contribution in [1.82, 2.24) is 5.32 Å². The predicted molar refractivity (Wildman–Crippen MR) is 80.2 cm³/mol. The van der Waals surface area contributed by atoms with Crippen molar-refractivity contribution in [3.05, 3.63) is 0 Å². The lowest BCUT2D eigenvalue weighted by molar-refractivity contribution is -0.00961. The molecule has 0 radical (unpaired) electrons. The standard InChI is InChI=1S/C16H33NO2/c1-11(2)8-13(4)19-10-15(18)9-17-16-7-6-12(3)14(16)5/h11-18H,6-10H2,1-5H3. The Balaban J connectivity index is 2.12. The Bertz CT molecular complexity index is 245. The third kappa shape index (κ3) is 6.24. The molecule has 2 N–H and O–H groups in total. The van der Waals surface area contributed by atoms with Crippen molar-refractivity contribution in [3.8, 4) is 0 Å². The minimum Gasteiger partial charge on any atom is -0.389 e. The van der Waals surface area contributed by atoms with Crippen LogP contribution < -0.4 is 5.32 Å². The van der Waals surface area contributed by atoms with Crippen LogP contribution in [0.5, 0.6) is 0 Å². The summed E-state index contributed by atoms with van der Waals surface area (Å²) in [6, 6.07) is 0.567. The number of hydrogen-bond acceptors (Lipinski definition) is 3. The van der Waals surface area contributed by atoms with Crippen LogP contribution in [0.1, 0.15) is 53.9 Å². The second-order valence-corrected chi connectivity index (χ2v) is 6.86. The van der Waals surface area contributed by atoms with E-state index in [0.717, 1.165) is 12.3 Å². The van der Waals surface area contributed by atoms with Crippen LogP contribution in [0.25, 0.3) is 0 Å². The first-order valence-corrected chi connectivity index (χ1v) is 7.93. The molecule has 0 aromatic rings. The second kappa shape index (κ2) is 8.23. The van der Waals surface area contributed by atoms with Crippen LogP contribution in [-0.4, -0.2) is 36.5 Å². The van der Waals surface area contributed by atoms with Gasteiger partial charge in [-0.1, -0.05) is 27.7 Å². The van der Waals surface area contributed by atoms with Crippen LogP contribution in [-0.2, 0) is 4.74 Å². The van der Waals surface area contributed by atoms with Gasteiger partial charge in [-0.3, -0.25) is 0 Å². The first-order chi connectivity index (χ1) is 8.90. The molecule has 5 unspecified atom stereocenters. The van der Waals surface area contributed by atoms with Gasteiger partial charge >= 0.3 is 0 Å². The van der Waals surface area contributed by atoms with Gasteiger partial charge in [-0.05, 0) is 43.9 Å². The van der Waals surface area contributed by atoms with Crippen LogP contribution in [0.3, 0.4) is 0 Å². The van der Waals surface area contributed by atoms with Crippen LogP contribution in [0.2, 0.25) is 0 Å². The van der Waals surface area contributed by atoms with Crippen LogP contribution in [0, 0.1) is 17.8 Å². The summed E-state index contributed by atoms with van der Waals surface area (Å²) in [6.07, 6.45) is 3.44. The fourth-order valence-electron chi connectivity index (χ4n) is 3.01. The van der Waals surface area contributed by atoms with Gasteiger partial charge in [0.2, 0.25) is 0 Å². The number of nitrogens with one attached hydrogen (secondary N) is 1. The van der Waals surface area contributed by atoms with Crippen molar-refractivity contribution in [2.75, 3.05) is 13.2 Å². The van der Waals surface area contributed by atoms with Crippen molar-refractivity contribution in [2.45, 2.75) is 72.1 Å². The zero-order chi connectivity index (χ0) is 14.4. The van der Waals surface area contributed by atoms with Crippen LogP contribution in [0.4, 0.5) is 0 Å². The quantitative estimate of drug-likeness (QED) is 0.713. The molecule has 1 rings (SSSR count). The summed E-state index contributed by atoms with van der Waals surface area (Å²) in [5, 5.41) is 13.5. The second-order valence-electron chi connectivity index (χ2n) is 6.86. The van der Waals surface area contributed by atoms with E-state index in [1.54, 1.807) is 0 Å². The summed E-state index contributed by atoms with van der Waals surface area (Å²) in [5.41, 5.74) is 0. The highest BCUT2D eigenvalue weighted by molar-refractivity contribution is 4.85. The average Bonchev–Trinajstić information content (AvgIpc) is 2.64. The van der Waals surface area contributed by atoms with Gasteiger partial charge in [0.05, 0.1) is 18.8 Å². The highest BCUT2D eigenvalue weighted by Gasteiger charge is 2.29. The van der Waals surface area contributed by atoms with Gasteiger partial charge < -0.3 is 15.2 Å². The van der Waals surface area contributed by atoms with Gasteiger partial charge in [-0.2, -0.15) is 0 Å². The molecular formula is C16H33NO2. The largest absolute Gasteiger partial charge is 0.389 e. The number of aliphatic hydroxyl groups is 1. The molecule has 1 saturated carbocycles. The third-order valence-corrected chi connectivity index (χ3v) is 4.46. The molecule has 0 bridgehead atoms. The van der Waals surface area contributed by atoms with E-state index in [2.05, 4.69) is 39.9 Å². The summed E-state index contributed by atoms with van der Waals surface area (Å²) < 4.78 is 5.69. The molecule has 0 aromatic heterocycles. The predicted octanol–water partition coefficient (Wildman–Crippen LogP) is 2.82. The normalized spacial score (nSPS) is 30.8. The first-order valence-electron chi connectivity index (χ1n) is 7.93. The van der Waals surface area contributed by atoms with Gasteiger partial charge in [-0.25, -0.2) is 0 Å². The molecule has 0 aromatic carbocycles. The maximum atomic E-state index is 9.96. The number of aliphatic hydroxyl groups excluding tert-OH is 1. The van der Waals surface area contributed by atoms with E-state index in [9.17, 15) is 5.11 Å². The smallest absolute Gasteiger partial charge is 0.0897 e.